The summed E-state index contributed by atoms with van der Waals surface area (Å²) in [6.45, 7) is 2.15. The van der Waals surface area contributed by atoms with Gasteiger partial charge in [0.15, 0.2) is 5.82 Å². The van der Waals surface area contributed by atoms with Gasteiger partial charge in [0.05, 0.1) is 35.7 Å². The highest BCUT2D eigenvalue weighted by Crippen LogP contribution is 2.35. The average Bonchev–Trinajstić information content (AvgIpc) is 3.19. The molecule has 0 unspecified atom stereocenters. The Morgan fingerprint density at radius 2 is 1.87 bits per heavy atom. The van der Waals surface area contributed by atoms with Crippen LogP contribution in [0.4, 0.5) is 10.3 Å². The number of nitrogens with one attached hydrogen (secondary N) is 1. The van der Waals surface area contributed by atoms with Crippen LogP contribution in [0.25, 0.3) is 22.6 Å². The van der Waals surface area contributed by atoms with E-state index in [9.17, 15) is 9.18 Å². The van der Waals surface area contributed by atoms with Gasteiger partial charge in [0.1, 0.15) is 5.82 Å². The van der Waals surface area contributed by atoms with E-state index >= 15 is 0 Å². The maximum atomic E-state index is 13.4. The standard InChI is InChI=1S/C21H23FN6O3/c1-21(19(29)28(2)3)10-30-18(31-11-21)17-26-15(12-4-6-13(22)7-5-12)16(27-17)14-8-9-24-20(23)25-14/h4-9,18H,10-11H2,1-3H3,(H,26,27)(H2,23,24,25). The minimum atomic E-state index is -0.796. The molecule has 0 radical (unpaired) electrons. The molecule has 2 aromatic heterocycles. The smallest absolute Gasteiger partial charge is 0.232 e. The molecule has 0 aliphatic carbocycles. The largest absolute Gasteiger partial charge is 0.368 e. The van der Waals surface area contributed by atoms with Gasteiger partial charge in [0, 0.05) is 25.9 Å². The number of nitrogen functional groups attached to an aromatic ring is 1. The van der Waals surface area contributed by atoms with Gasteiger partial charge in [-0.05, 0) is 37.3 Å². The fourth-order valence-corrected chi connectivity index (χ4v) is 3.45. The molecule has 1 saturated heterocycles. The summed E-state index contributed by atoms with van der Waals surface area (Å²) >= 11 is 0. The normalized spacial score (nSPS) is 21.1. The number of ether oxygens (including phenoxy) is 2. The molecule has 1 aromatic carbocycles. The Morgan fingerprint density at radius 3 is 2.48 bits per heavy atom. The topological polar surface area (TPSA) is 119 Å². The van der Waals surface area contributed by atoms with Crippen LogP contribution in [-0.2, 0) is 14.3 Å². The molecule has 0 spiro atoms. The van der Waals surface area contributed by atoms with Gasteiger partial charge in [0.2, 0.25) is 18.1 Å². The van der Waals surface area contributed by atoms with Crippen LogP contribution in [0.2, 0.25) is 0 Å². The molecule has 0 atom stereocenters. The van der Waals surface area contributed by atoms with Crippen molar-refractivity contribution in [1.29, 1.82) is 0 Å². The average molecular weight is 426 g/mol. The van der Waals surface area contributed by atoms with Crippen LogP contribution in [0.15, 0.2) is 36.5 Å². The Kier molecular flexibility index (Phi) is 5.42. The summed E-state index contributed by atoms with van der Waals surface area (Å²) in [7, 11) is 3.39. The highest BCUT2D eigenvalue weighted by atomic mass is 19.1. The van der Waals surface area contributed by atoms with Crippen LogP contribution in [0.5, 0.6) is 0 Å². The molecule has 4 rings (SSSR count). The molecule has 10 heteroatoms. The van der Waals surface area contributed by atoms with Crippen molar-refractivity contribution >= 4 is 11.9 Å². The molecule has 1 amide bonds. The van der Waals surface area contributed by atoms with Crippen molar-refractivity contribution in [3.63, 3.8) is 0 Å². The molecule has 3 heterocycles. The number of anilines is 1. The number of rotatable bonds is 4. The third-order valence-corrected chi connectivity index (χ3v) is 5.02. The quantitative estimate of drug-likeness (QED) is 0.657. The van der Waals surface area contributed by atoms with Crippen LogP contribution in [0.3, 0.4) is 0 Å². The lowest BCUT2D eigenvalue weighted by Gasteiger charge is -2.36. The van der Waals surface area contributed by atoms with Gasteiger partial charge >= 0.3 is 0 Å². The van der Waals surface area contributed by atoms with Crippen molar-refractivity contribution in [3.05, 3.63) is 48.2 Å². The first-order chi connectivity index (χ1) is 14.8. The van der Waals surface area contributed by atoms with Crippen molar-refractivity contribution in [3.8, 4) is 22.6 Å². The zero-order valence-electron chi connectivity index (χ0n) is 17.4. The number of carbonyl (C=O) groups is 1. The second-order valence-electron chi connectivity index (χ2n) is 7.87. The number of halogens is 1. The molecule has 9 nitrogen and oxygen atoms in total. The molecule has 0 bridgehead atoms. The molecule has 0 saturated carbocycles. The summed E-state index contributed by atoms with van der Waals surface area (Å²) in [5.41, 5.74) is 7.28. The van der Waals surface area contributed by atoms with E-state index in [4.69, 9.17) is 15.2 Å². The van der Waals surface area contributed by atoms with E-state index in [-0.39, 0.29) is 30.9 Å². The van der Waals surface area contributed by atoms with Crippen LogP contribution in [-0.4, -0.2) is 58.1 Å². The lowest BCUT2D eigenvalue weighted by molar-refractivity contribution is -0.233. The molecule has 162 valence electrons. The molecular weight excluding hydrogens is 403 g/mol. The van der Waals surface area contributed by atoms with Gasteiger partial charge in [0.25, 0.3) is 0 Å². The second-order valence-corrected chi connectivity index (χ2v) is 7.87. The Bertz CT molecular complexity index is 1090. The van der Waals surface area contributed by atoms with Crippen LogP contribution < -0.4 is 5.73 Å². The summed E-state index contributed by atoms with van der Waals surface area (Å²) in [6, 6.07) is 7.65. The van der Waals surface area contributed by atoms with Crippen LogP contribution in [0.1, 0.15) is 19.0 Å². The first-order valence-corrected chi connectivity index (χ1v) is 9.66. The third-order valence-electron chi connectivity index (χ3n) is 5.02. The van der Waals surface area contributed by atoms with E-state index in [2.05, 4.69) is 19.9 Å². The maximum absolute atomic E-state index is 13.4. The predicted molar refractivity (Wildman–Crippen MR) is 111 cm³/mol. The number of hydrogen-bond acceptors (Lipinski definition) is 7. The number of carbonyl (C=O) groups excluding carboxylic acids is 1. The van der Waals surface area contributed by atoms with Gasteiger partial charge in [-0.2, -0.15) is 0 Å². The Morgan fingerprint density at radius 1 is 1.19 bits per heavy atom. The van der Waals surface area contributed by atoms with Gasteiger partial charge in [-0.15, -0.1) is 0 Å². The van der Waals surface area contributed by atoms with E-state index in [0.717, 1.165) is 0 Å². The number of nitrogens with two attached hydrogens (primary N) is 1. The monoisotopic (exact) mass is 426 g/mol. The van der Waals surface area contributed by atoms with E-state index in [0.29, 0.717) is 28.5 Å². The lowest BCUT2D eigenvalue weighted by Crippen LogP contribution is -2.48. The fraction of sp³-hybridized carbons (Fsp3) is 0.333. The first-order valence-electron chi connectivity index (χ1n) is 9.66. The van der Waals surface area contributed by atoms with E-state index in [1.165, 1.54) is 17.0 Å². The third kappa shape index (κ3) is 4.12. The van der Waals surface area contributed by atoms with E-state index in [1.807, 2.05) is 0 Å². The molecule has 3 aromatic rings. The van der Waals surface area contributed by atoms with E-state index in [1.54, 1.807) is 45.4 Å². The molecule has 1 fully saturated rings. The van der Waals surface area contributed by atoms with Crippen molar-refractivity contribution in [2.45, 2.75) is 13.2 Å². The second kappa shape index (κ2) is 8.05. The van der Waals surface area contributed by atoms with Crippen molar-refractivity contribution in [2.24, 2.45) is 5.41 Å². The molecular formula is C21H23FN6O3. The van der Waals surface area contributed by atoms with E-state index < -0.39 is 11.7 Å². The van der Waals surface area contributed by atoms with Crippen LogP contribution >= 0.6 is 0 Å². The summed E-state index contributed by atoms with van der Waals surface area (Å²) < 4.78 is 25.1. The SMILES string of the molecule is CN(C)C(=O)C1(C)COC(c2nc(-c3ccc(F)cc3)c(-c3ccnc(N)n3)[nH]2)OC1. The highest BCUT2D eigenvalue weighted by Gasteiger charge is 2.41. The maximum Gasteiger partial charge on any atom is 0.232 e. The lowest BCUT2D eigenvalue weighted by atomic mass is 9.90. The summed E-state index contributed by atoms with van der Waals surface area (Å²) in [6.07, 6.45) is 0.744. The highest BCUT2D eigenvalue weighted by molar-refractivity contribution is 5.82. The summed E-state index contributed by atoms with van der Waals surface area (Å²) in [5, 5.41) is 0. The molecule has 3 N–H and O–H groups in total. The zero-order valence-corrected chi connectivity index (χ0v) is 17.4. The zero-order chi connectivity index (χ0) is 22.2. The van der Waals surface area contributed by atoms with Gasteiger partial charge in [-0.3, -0.25) is 4.79 Å². The fourth-order valence-electron chi connectivity index (χ4n) is 3.45. The Balaban J connectivity index is 1.68. The minimum Gasteiger partial charge on any atom is -0.368 e. The minimum absolute atomic E-state index is 0.0745. The number of benzene rings is 1. The molecule has 1 aliphatic heterocycles. The Labute approximate surface area is 178 Å². The number of imidazole rings is 1. The van der Waals surface area contributed by atoms with Gasteiger partial charge in [-0.1, -0.05) is 0 Å². The molecule has 31 heavy (non-hydrogen) atoms. The van der Waals surface area contributed by atoms with Crippen LogP contribution in [0, 0.1) is 11.2 Å². The summed E-state index contributed by atoms with van der Waals surface area (Å²) in [4.78, 5) is 30.0. The number of hydrogen-bond donors (Lipinski definition) is 2. The van der Waals surface area contributed by atoms with Gasteiger partial charge in [-0.25, -0.2) is 19.3 Å². The van der Waals surface area contributed by atoms with Crippen molar-refractivity contribution in [1.82, 2.24) is 24.8 Å². The number of amides is 1. The number of H-pyrrole nitrogens is 1. The number of nitrogens with zero attached hydrogens (tertiary/aromatic N) is 4. The predicted octanol–water partition coefficient (Wildman–Crippen LogP) is 2.39. The number of aromatic amines is 1. The number of aromatic nitrogens is 4. The first kappa shape index (κ1) is 20.9. The molecule has 1 aliphatic rings. The summed E-state index contributed by atoms with van der Waals surface area (Å²) in [5.74, 6) is 0.0957. The Hall–Kier alpha value is -3.37. The van der Waals surface area contributed by atoms with Crippen molar-refractivity contribution < 1.29 is 18.7 Å². The van der Waals surface area contributed by atoms with Gasteiger partial charge < -0.3 is 25.1 Å². The van der Waals surface area contributed by atoms with Crippen molar-refractivity contribution in [2.75, 3.05) is 33.0 Å².